The summed E-state index contributed by atoms with van der Waals surface area (Å²) in [5.74, 6) is 1.44. The molecule has 0 spiro atoms. The summed E-state index contributed by atoms with van der Waals surface area (Å²) in [6.07, 6.45) is 18.2. The molecule has 1 N–H and O–H groups in total. The SMILES string of the molecule is C=CCOCCC1=CC=C(OC(=O)/C=C/c2ccc(C3C=CC(OCCCOC(O)C(=C)C)=CC3)cc2)CC1. The molecule has 39 heavy (non-hydrogen) atoms. The Morgan fingerprint density at radius 1 is 1.15 bits per heavy atom. The van der Waals surface area contributed by atoms with E-state index in [4.69, 9.17) is 18.9 Å². The molecule has 0 fully saturated rings. The number of benzene rings is 1. The van der Waals surface area contributed by atoms with Gasteiger partial charge in [-0.05, 0) is 67.2 Å². The van der Waals surface area contributed by atoms with Crippen LogP contribution in [0, 0.1) is 0 Å². The second-order valence-electron chi connectivity index (χ2n) is 9.57. The van der Waals surface area contributed by atoms with Crippen LogP contribution in [0.4, 0.5) is 0 Å². The van der Waals surface area contributed by atoms with Gasteiger partial charge in [-0.25, -0.2) is 4.79 Å². The number of hydrogen-bond donors (Lipinski definition) is 1. The number of rotatable bonds is 16. The average molecular weight is 533 g/mol. The van der Waals surface area contributed by atoms with E-state index < -0.39 is 6.29 Å². The molecule has 0 saturated heterocycles. The summed E-state index contributed by atoms with van der Waals surface area (Å²) in [6, 6.07) is 8.17. The Kier molecular flexibility index (Phi) is 12.7. The van der Waals surface area contributed by atoms with Crippen LogP contribution in [-0.2, 0) is 23.7 Å². The summed E-state index contributed by atoms with van der Waals surface area (Å²) in [5.41, 5.74) is 4.03. The zero-order valence-electron chi connectivity index (χ0n) is 22.8. The first-order chi connectivity index (χ1) is 18.9. The first-order valence-electron chi connectivity index (χ1n) is 13.5. The number of aliphatic hydroxyl groups excluding tert-OH is 1. The summed E-state index contributed by atoms with van der Waals surface area (Å²) in [4.78, 5) is 12.3. The molecule has 0 amide bonds. The molecule has 2 aliphatic carbocycles. The van der Waals surface area contributed by atoms with Crippen molar-refractivity contribution in [3.8, 4) is 0 Å². The number of carbonyl (C=O) groups excluding carboxylic acids is 1. The second-order valence-corrected chi connectivity index (χ2v) is 9.57. The molecule has 6 nitrogen and oxygen atoms in total. The first-order valence-corrected chi connectivity index (χ1v) is 13.5. The van der Waals surface area contributed by atoms with Gasteiger partial charge in [0.05, 0.1) is 26.4 Å². The molecule has 0 bridgehead atoms. The Balaban J connectivity index is 1.37. The maximum Gasteiger partial charge on any atom is 0.335 e. The number of allylic oxidation sites excluding steroid dienone is 6. The van der Waals surface area contributed by atoms with Gasteiger partial charge < -0.3 is 24.1 Å². The van der Waals surface area contributed by atoms with Crippen molar-refractivity contribution in [2.45, 2.75) is 51.2 Å². The van der Waals surface area contributed by atoms with Crippen LogP contribution in [-0.4, -0.2) is 43.8 Å². The van der Waals surface area contributed by atoms with Crippen LogP contribution in [0.25, 0.3) is 6.08 Å². The van der Waals surface area contributed by atoms with Crippen molar-refractivity contribution in [1.82, 2.24) is 0 Å². The molecule has 2 aliphatic rings. The van der Waals surface area contributed by atoms with E-state index in [1.807, 2.05) is 30.4 Å². The molecule has 1 aromatic carbocycles. The standard InChI is InChI=1S/C33H40O6/c1-4-21-36-24-20-27-8-15-31(16-9-27)39-32(34)19-10-26-6-11-28(12-7-26)29-13-17-30(18-14-29)37-22-5-23-38-33(35)25(2)3/h4,6-8,10-13,15,17-19,29,33,35H,1-2,5,9,14,16,20-24H2,3H3/b19-10+. The lowest BCUT2D eigenvalue weighted by atomic mass is 9.91. The fourth-order valence-corrected chi connectivity index (χ4v) is 4.05. The van der Waals surface area contributed by atoms with E-state index >= 15 is 0 Å². The minimum Gasteiger partial charge on any atom is -0.494 e. The zero-order chi connectivity index (χ0) is 27.9. The van der Waals surface area contributed by atoms with Gasteiger partial charge in [-0.3, -0.25) is 0 Å². The van der Waals surface area contributed by atoms with Crippen molar-refractivity contribution in [1.29, 1.82) is 0 Å². The van der Waals surface area contributed by atoms with E-state index in [9.17, 15) is 9.90 Å². The Labute approximate surface area is 232 Å². The number of aliphatic hydroxyl groups is 1. The molecule has 6 heteroatoms. The van der Waals surface area contributed by atoms with Gasteiger partial charge in [-0.1, -0.05) is 54.6 Å². The molecule has 0 heterocycles. The molecule has 3 rings (SSSR count). The van der Waals surface area contributed by atoms with Crippen LogP contribution in [0.2, 0.25) is 0 Å². The Morgan fingerprint density at radius 3 is 2.64 bits per heavy atom. The Morgan fingerprint density at radius 2 is 1.97 bits per heavy atom. The van der Waals surface area contributed by atoms with E-state index in [0.29, 0.717) is 50.6 Å². The predicted molar refractivity (Wildman–Crippen MR) is 155 cm³/mol. The minimum absolute atomic E-state index is 0.277. The van der Waals surface area contributed by atoms with Crippen LogP contribution in [0.1, 0.15) is 56.1 Å². The van der Waals surface area contributed by atoms with Gasteiger partial charge in [-0.2, -0.15) is 0 Å². The third kappa shape index (κ3) is 11.1. The van der Waals surface area contributed by atoms with Gasteiger partial charge in [0.2, 0.25) is 0 Å². The summed E-state index contributed by atoms with van der Waals surface area (Å²) in [6.45, 7) is 11.2. The third-order valence-corrected chi connectivity index (χ3v) is 6.33. The summed E-state index contributed by atoms with van der Waals surface area (Å²) < 4.78 is 22.0. The highest BCUT2D eigenvalue weighted by Gasteiger charge is 2.13. The lowest BCUT2D eigenvalue weighted by molar-refractivity contribution is -0.133. The number of esters is 1. The number of carbonyl (C=O) groups is 1. The molecule has 2 atom stereocenters. The molecule has 0 radical (unpaired) electrons. The zero-order valence-corrected chi connectivity index (χ0v) is 22.8. The first kappa shape index (κ1) is 30.1. The molecular weight excluding hydrogens is 492 g/mol. The van der Waals surface area contributed by atoms with Gasteiger partial charge in [0, 0.05) is 24.8 Å². The van der Waals surface area contributed by atoms with Crippen molar-refractivity contribution in [2.75, 3.05) is 26.4 Å². The molecular formula is C33H40O6. The average Bonchev–Trinajstić information content (AvgIpc) is 2.95. The van der Waals surface area contributed by atoms with Crippen LogP contribution >= 0.6 is 0 Å². The van der Waals surface area contributed by atoms with Crippen molar-refractivity contribution < 1.29 is 28.8 Å². The highest BCUT2D eigenvalue weighted by atomic mass is 16.6. The monoisotopic (exact) mass is 532 g/mol. The van der Waals surface area contributed by atoms with Crippen molar-refractivity contribution in [3.63, 3.8) is 0 Å². The largest absolute Gasteiger partial charge is 0.494 e. The van der Waals surface area contributed by atoms with E-state index in [1.54, 1.807) is 19.1 Å². The summed E-state index contributed by atoms with van der Waals surface area (Å²) >= 11 is 0. The third-order valence-electron chi connectivity index (χ3n) is 6.33. The van der Waals surface area contributed by atoms with Crippen LogP contribution in [0.15, 0.2) is 103 Å². The van der Waals surface area contributed by atoms with Crippen molar-refractivity contribution >= 4 is 12.0 Å². The molecule has 0 saturated carbocycles. The van der Waals surface area contributed by atoms with Gasteiger partial charge in [0.1, 0.15) is 11.5 Å². The van der Waals surface area contributed by atoms with E-state index in [1.165, 1.54) is 17.2 Å². The van der Waals surface area contributed by atoms with Crippen LogP contribution in [0.5, 0.6) is 0 Å². The fraction of sp³-hybridized carbons (Fsp3) is 0.364. The van der Waals surface area contributed by atoms with Gasteiger partial charge in [0.15, 0.2) is 6.29 Å². The lowest BCUT2D eigenvalue weighted by Crippen LogP contribution is -2.14. The normalized spacial score (nSPS) is 17.7. The maximum absolute atomic E-state index is 12.3. The van der Waals surface area contributed by atoms with Crippen molar-refractivity contribution in [2.24, 2.45) is 0 Å². The molecule has 208 valence electrons. The van der Waals surface area contributed by atoms with E-state index in [-0.39, 0.29) is 11.9 Å². The molecule has 1 aromatic rings. The van der Waals surface area contributed by atoms with E-state index in [0.717, 1.165) is 30.6 Å². The van der Waals surface area contributed by atoms with Gasteiger partial charge in [0.25, 0.3) is 0 Å². The number of ether oxygens (including phenoxy) is 4. The lowest BCUT2D eigenvalue weighted by Gasteiger charge is -2.17. The van der Waals surface area contributed by atoms with Crippen LogP contribution in [0.3, 0.4) is 0 Å². The highest BCUT2D eigenvalue weighted by molar-refractivity contribution is 5.87. The smallest absolute Gasteiger partial charge is 0.335 e. The number of hydrogen-bond acceptors (Lipinski definition) is 6. The van der Waals surface area contributed by atoms with Gasteiger partial charge >= 0.3 is 5.97 Å². The van der Waals surface area contributed by atoms with Gasteiger partial charge in [-0.15, -0.1) is 6.58 Å². The predicted octanol–water partition coefficient (Wildman–Crippen LogP) is 6.69. The highest BCUT2D eigenvalue weighted by Crippen LogP contribution is 2.28. The van der Waals surface area contributed by atoms with E-state index in [2.05, 4.69) is 37.4 Å². The fourth-order valence-electron chi connectivity index (χ4n) is 4.05. The Hall–Kier alpha value is -3.45. The topological polar surface area (TPSA) is 74.2 Å². The molecule has 0 aliphatic heterocycles. The summed E-state index contributed by atoms with van der Waals surface area (Å²) in [7, 11) is 0. The maximum atomic E-state index is 12.3. The molecule has 0 aromatic heterocycles. The second kappa shape index (κ2) is 16.5. The van der Waals surface area contributed by atoms with Crippen LogP contribution < -0.4 is 0 Å². The van der Waals surface area contributed by atoms with Crippen molar-refractivity contribution in [3.05, 3.63) is 114 Å². The Bertz CT molecular complexity index is 1120. The summed E-state index contributed by atoms with van der Waals surface area (Å²) in [5, 5.41) is 9.56. The quantitative estimate of drug-likeness (QED) is 0.0841. The minimum atomic E-state index is -0.917. The molecule has 2 unspecified atom stereocenters.